The van der Waals surface area contributed by atoms with Crippen molar-refractivity contribution in [2.75, 3.05) is 43.9 Å². The second-order valence-corrected chi connectivity index (χ2v) is 4.43. The standard InChI is InChI=1S/C12H18N4O/c1-15-4-6-16(7-5-15)11-8-9(12(14)17)2-3-10(11)13/h2-3,8H,4-7,13H2,1H3,(H2,14,17). The molecule has 0 spiro atoms. The quantitative estimate of drug-likeness (QED) is 0.713. The van der Waals surface area contributed by atoms with Gasteiger partial charge in [0.25, 0.3) is 0 Å². The number of benzene rings is 1. The fraction of sp³-hybridized carbons (Fsp3) is 0.417. The van der Waals surface area contributed by atoms with Crippen molar-refractivity contribution in [3.05, 3.63) is 23.8 Å². The van der Waals surface area contributed by atoms with Crippen molar-refractivity contribution in [1.29, 1.82) is 0 Å². The fourth-order valence-corrected chi connectivity index (χ4v) is 2.02. The molecule has 1 fully saturated rings. The topological polar surface area (TPSA) is 75.6 Å². The van der Waals surface area contributed by atoms with Crippen molar-refractivity contribution in [3.8, 4) is 0 Å². The third-order valence-corrected chi connectivity index (χ3v) is 3.16. The van der Waals surface area contributed by atoms with Crippen LogP contribution in [0.1, 0.15) is 10.4 Å². The van der Waals surface area contributed by atoms with Crippen LogP contribution < -0.4 is 16.4 Å². The molecule has 0 radical (unpaired) electrons. The lowest BCUT2D eigenvalue weighted by Gasteiger charge is -2.34. The van der Waals surface area contributed by atoms with Gasteiger partial charge >= 0.3 is 0 Å². The first-order valence-electron chi connectivity index (χ1n) is 5.71. The van der Waals surface area contributed by atoms with E-state index < -0.39 is 5.91 Å². The molecule has 1 aromatic carbocycles. The Labute approximate surface area is 101 Å². The first-order valence-corrected chi connectivity index (χ1v) is 5.71. The first-order chi connectivity index (χ1) is 8.08. The van der Waals surface area contributed by atoms with E-state index >= 15 is 0 Å². The smallest absolute Gasteiger partial charge is 0.248 e. The van der Waals surface area contributed by atoms with E-state index in [0.717, 1.165) is 31.9 Å². The summed E-state index contributed by atoms with van der Waals surface area (Å²) < 4.78 is 0. The van der Waals surface area contributed by atoms with E-state index in [2.05, 4.69) is 16.8 Å². The summed E-state index contributed by atoms with van der Waals surface area (Å²) in [6.07, 6.45) is 0. The summed E-state index contributed by atoms with van der Waals surface area (Å²) in [6.45, 7) is 3.84. The molecular weight excluding hydrogens is 216 g/mol. The molecule has 4 N–H and O–H groups in total. The maximum atomic E-state index is 11.2. The number of primary amides is 1. The number of rotatable bonds is 2. The van der Waals surface area contributed by atoms with Gasteiger partial charge in [-0.05, 0) is 25.2 Å². The third-order valence-electron chi connectivity index (χ3n) is 3.16. The van der Waals surface area contributed by atoms with E-state index in [1.165, 1.54) is 0 Å². The van der Waals surface area contributed by atoms with Gasteiger partial charge in [0.1, 0.15) is 0 Å². The van der Waals surface area contributed by atoms with E-state index in [0.29, 0.717) is 11.3 Å². The zero-order valence-corrected chi connectivity index (χ0v) is 10.0. The van der Waals surface area contributed by atoms with E-state index in [1.54, 1.807) is 18.2 Å². The Bertz CT molecular complexity index is 425. The average molecular weight is 234 g/mol. The molecule has 1 aromatic rings. The minimum absolute atomic E-state index is 0.416. The van der Waals surface area contributed by atoms with Gasteiger partial charge in [0.05, 0.1) is 11.4 Å². The van der Waals surface area contributed by atoms with Crippen LogP contribution in [0.3, 0.4) is 0 Å². The number of piperazine rings is 1. The number of hydrogen-bond acceptors (Lipinski definition) is 4. The minimum Gasteiger partial charge on any atom is -0.397 e. The number of anilines is 2. The van der Waals surface area contributed by atoms with Gasteiger partial charge in [-0.3, -0.25) is 4.79 Å². The Kier molecular flexibility index (Phi) is 3.19. The van der Waals surface area contributed by atoms with Gasteiger partial charge in [-0.1, -0.05) is 0 Å². The summed E-state index contributed by atoms with van der Waals surface area (Å²) in [4.78, 5) is 15.6. The molecule has 0 aromatic heterocycles. The average Bonchev–Trinajstić information content (AvgIpc) is 2.31. The highest BCUT2D eigenvalue weighted by Crippen LogP contribution is 2.25. The molecule has 5 nitrogen and oxygen atoms in total. The Morgan fingerprint density at radius 1 is 1.24 bits per heavy atom. The van der Waals surface area contributed by atoms with Crippen molar-refractivity contribution in [2.45, 2.75) is 0 Å². The molecule has 1 aliphatic heterocycles. The van der Waals surface area contributed by atoms with Gasteiger partial charge in [0.2, 0.25) is 5.91 Å². The SMILES string of the molecule is CN1CCN(c2cc(C(N)=O)ccc2N)CC1. The zero-order chi connectivity index (χ0) is 12.4. The number of carbonyl (C=O) groups excluding carboxylic acids is 1. The molecule has 1 heterocycles. The third kappa shape index (κ3) is 2.50. The Morgan fingerprint density at radius 3 is 2.47 bits per heavy atom. The minimum atomic E-state index is -0.416. The number of nitrogen functional groups attached to an aromatic ring is 1. The summed E-state index contributed by atoms with van der Waals surface area (Å²) in [5, 5.41) is 0. The zero-order valence-electron chi connectivity index (χ0n) is 10.0. The molecule has 0 bridgehead atoms. The number of carbonyl (C=O) groups is 1. The van der Waals surface area contributed by atoms with Crippen LogP contribution in [0.15, 0.2) is 18.2 Å². The molecule has 0 atom stereocenters. The predicted molar refractivity (Wildman–Crippen MR) is 69.1 cm³/mol. The second-order valence-electron chi connectivity index (χ2n) is 4.43. The van der Waals surface area contributed by atoms with Crippen LogP contribution in [0.4, 0.5) is 11.4 Å². The summed E-state index contributed by atoms with van der Waals surface area (Å²) in [5.74, 6) is -0.416. The van der Waals surface area contributed by atoms with Crippen LogP contribution in [0.5, 0.6) is 0 Å². The van der Waals surface area contributed by atoms with Crippen LogP contribution in [0.25, 0.3) is 0 Å². The molecule has 0 aliphatic carbocycles. The molecule has 2 rings (SSSR count). The van der Waals surface area contributed by atoms with E-state index in [4.69, 9.17) is 11.5 Å². The first kappa shape index (κ1) is 11.7. The monoisotopic (exact) mass is 234 g/mol. The number of hydrogen-bond donors (Lipinski definition) is 2. The molecule has 5 heteroatoms. The van der Waals surface area contributed by atoms with Gasteiger partial charge in [-0.15, -0.1) is 0 Å². The number of amides is 1. The predicted octanol–water partition coefficient (Wildman–Crippen LogP) is 0.120. The van der Waals surface area contributed by atoms with Crippen LogP contribution in [0.2, 0.25) is 0 Å². The highest BCUT2D eigenvalue weighted by Gasteiger charge is 2.17. The Morgan fingerprint density at radius 2 is 1.88 bits per heavy atom. The maximum Gasteiger partial charge on any atom is 0.248 e. The Hall–Kier alpha value is -1.75. The van der Waals surface area contributed by atoms with Crippen molar-refractivity contribution in [3.63, 3.8) is 0 Å². The van der Waals surface area contributed by atoms with E-state index in [9.17, 15) is 4.79 Å². The summed E-state index contributed by atoms with van der Waals surface area (Å²) >= 11 is 0. The van der Waals surface area contributed by atoms with E-state index in [-0.39, 0.29) is 0 Å². The molecule has 0 unspecified atom stereocenters. The lowest BCUT2D eigenvalue weighted by Crippen LogP contribution is -2.44. The van der Waals surface area contributed by atoms with Crippen LogP contribution in [-0.4, -0.2) is 44.0 Å². The molecule has 17 heavy (non-hydrogen) atoms. The lowest BCUT2D eigenvalue weighted by molar-refractivity contribution is 0.100. The van der Waals surface area contributed by atoms with Crippen molar-refractivity contribution >= 4 is 17.3 Å². The Balaban J connectivity index is 2.25. The van der Waals surface area contributed by atoms with E-state index in [1.807, 2.05) is 0 Å². The van der Waals surface area contributed by atoms with Gasteiger partial charge in [-0.25, -0.2) is 0 Å². The second kappa shape index (κ2) is 4.63. The number of nitrogens with zero attached hydrogens (tertiary/aromatic N) is 2. The maximum absolute atomic E-state index is 11.2. The van der Waals surface area contributed by atoms with Gasteiger partial charge in [0, 0.05) is 31.7 Å². The summed E-state index contributed by atoms with van der Waals surface area (Å²) in [5.41, 5.74) is 13.3. The van der Waals surface area contributed by atoms with Gasteiger partial charge < -0.3 is 21.3 Å². The van der Waals surface area contributed by atoms with Crippen LogP contribution in [-0.2, 0) is 0 Å². The van der Waals surface area contributed by atoms with Crippen molar-refractivity contribution in [1.82, 2.24) is 4.90 Å². The normalized spacial score (nSPS) is 17.1. The summed E-state index contributed by atoms with van der Waals surface area (Å²) in [6, 6.07) is 5.19. The highest BCUT2D eigenvalue weighted by atomic mass is 16.1. The molecule has 1 saturated heterocycles. The van der Waals surface area contributed by atoms with Crippen LogP contribution in [0, 0.1) is 0 Å². The lowest BCUT2D eigenvalue weighted by atomic mass is 10.1. The van der Waals surface area contributed by atoms with Gasteiger partial charge in [0.15, 0.2) is 0 Å². The molecular formula is C12H18N4O. The fourth-order valence-electron chi connectivity index (χ4n) is 2.02. The molecule has 1 aliphatic rings. The number of likely N-dealkylation sites (N-methyl/N-ethyl adjacent to an activating group) is 1. The highest BCUT2D eigenvalue weighted by molar-refractivity contribution is 5.95. The summed E-state index contributed by atoms with van der Waals surface area (Å²) in [7, 11) is 2.10. The molecule has 0 saturated carbocycles. The molecule has 1 amide bonds. The van der Waals surface area contributed by atoms with Crippen molar-refractivity contribution in [2.24, 2.45) is 5.73 Å². The largest absolute Gasteiger partial charge is 0.397 e. The number of nitrogens with two attached hydrogens (primary N) is 2. The van der Waals surface area contributed by atoms with Crippen LogP contribution >= 0.6 is 0 Å². The van der Waals surface area contributed by atoms with Crippen molar-refractivity contribution < 1.29 is 4.79 Å². The van der Waals surface area contributed by atoms with Gasteiger partial charge in [-0.2, -0.15) is 0 Å². The molecule has 92 valence electrons.